The SMILES string of the molecule is Cc1ccc(-c2csc3nc(C(F)(F)F)c(C(=O)O)n23)cc1. The predicted octanol–water partition coefficient (Wildman–Crippen LogP) is 4.09. The molecule has 0 fully saturated rings. The second-order valence-electron chi connectivity index (χ2n) is 4.72. The average Bonchev–Trinajstić information content (AvgIpc) is 2.97. The number of thiazole rings is 1. The Morgan fingerprint density at radius 2 is 1.91 bits per heavy atom. The molecule has 4 nitrogen and oxygen atoms in total. The highest BCUT2D eigenvalue weighted by Crippen LogP contribution is 2.36. The van der Waals surface area contributed by atoms with Crippen LogP contribution in [-0.4, -0.2) is 20.5 Å². The Morgan fingerprint density at radius 1 is 1.27 bits per heavy atom. The molecular formula is C14H9F3N2O2S. The van der Waals surface area contributed by atoms with Crippen molar-refractivity contribution in [3.8, 4) is 11.3 Å². The van der Waals surface area contributed by atoms with Crippen molar-refractivity contribution in [2.75, 3.05) is 0 Å². The van der Waals surface area contributed by atoms with Gasteiger partial charge in [0.2, 0.25) is 0 Å². The van der Waals surface area contributed by atoms with E-state index in [0.717, 1.165) is 21.3 Å². The second-order valence-corrected chi connectivity index (χ2v) is 5.55. The number of aromatic nitrogens is 2. The fourth-order valence-electron chi connectivity index (χ4n) is 2.18. The van der Waals surface area contributed by atoms with Gasteiger partial charge in [-0.25, -0.2) is 9.78 Å². The normalized spacial score (nSPS) is 12.0. The molecule has 0 saturated carbocycles. The van der Waals surface area contributed by atoms with Crippen molar-refractivity contribution in [1.29, 1.82) is 0 Å². The molecule has 0 radical (unpaired) electrons. The van der Waals surface area contributed by atoms with Crippen molar-refractivity contribution in [3.63, 3.8) is 0 Å². The molecule has 3 aromatic rings. The molecule has 3 rings (SSSR count). The van der Waals surface area contributed by atoms with E-state index < -0.39 is 23.5 Å². The summed E-state index contributed by atoms with van der Waals surface area (Å²) in [6.45, 7) is 1.88. The van der Waals surface area contributed by atoms with E-state index >= 15 is 0 Å². The van der Waals surface area contributed by atoms with Crippen molar-refractivity contribution in [3.05, 3.63) is 46.6 Å². The van der Waals surface area contributed by atoms with Crippen LogP contribution in [0.15, 0.2) is 29.6 Å². The maximum atomic E-state index is 13.0. The van der Waals surface area contributed by atoms with Crippen LogP contribution in [0.5, 0.6) is 0 Å². The van der Waals surface area contributed by atoms with E-state index in [1.54, 1.807) is 29.6 Å². The van der Waals surface area contributed by atoms with Crippen molar-refractivity contribution in [1.82, 2.24) is 9.38 Å². The Morgan fingerprint density at radius 3 is 2.45 bits per heavy atom. The number of alkyl halides is 3. The number of rotatable bonds is 2. The summed E-state index contributed by atoms with van der Waals surface area (Å²) in [5, 5.41) is 10.8. The molecule has 0 spiro atoms. The first-order valence-electron chi connectivity index (χ1n) is 6.16. The first-order valence-corrected chi connectivity index (χ1v) is 7.04. The number of nitrogens with zero attached hydrogens (tertiary/aromatic N) is 2. The Balaban J connectivity index is 2.32. The lowest BCUT2D eigenvalue weighted by Gasteiger charge is -2.06. The molecule has 1 aromatic carbocycles. The van der Waals surface area contributed by atoms with Crippen molar-refractivity contribution < 1.29 is 23.1 Å². The monoisotopic (exact) mass is 326 g/mol. The zero-order chi connectivity index (χ0) is 16.1. The Hall–Kier alpha value is -2.35. The molecule has 0 aliphatic heterocycles. The standard InChI is InChI=1S/C14H9F3N2O2S/c1-7-2-4-8(5-3-7)9-6-22-13-18-11(14(15,16)17)10(12(20)21)19(9)13/h2-6H,1H3,(H,20,21). The van der Waals surface area contributed by atoms with E-state index in [-0.39, 0.29) is 4.96 Å². The Kier molecular flexibility index (Phi) is 3.21. The lowest BCUT2D eigenvalue weighted by molar-refractivity contribution is -0.141. The smallest absolute Gasteiger partial charge is 0.435 e. The van der Waals surface area contributed by atoms with Crippen LogP contribution in [-0.2, 0) is 6.18 Å². The van der Waals surface area contributed by atoms with Gasteiger partial charge in [0.1, 0.15) is 0 Å². The zero-order valence-electron chi connectivity index (χ0n) is 11.2. The molecule has 0 aliphatic rings. The van der Waals surface area contributed by atoms with Gasteiger partial charge in [-0.15, -0.1) is 11.3 Å². The van der Waals surface area contributed by atoms with E-state index in [2.05, 4.69) is 4.98 Å². The summed E-state index contributed by atoms with van der Waals surface area (Å²) in [6.07, 6.45) is -4.82. The number of aryl methyl sites for hydroxylation is 1. The quantitative estimate of drug-likeness (QED) is 0.772. The summed E-state index contributed by atoms with van der Waals surface area (Å²) in [5.41, 5.74) is -0.235. The summed E-state index contributed by atoms with van der Waals surface area (Å²) >= 11 is 0.970. The molecule has 114 valence electrons. The molecule has 0 unspecified atom stereocenters. The van der Waals surface area contributed by atoms with Crippen LogP contribution >= 0.6 is 11.3 Å². The number of aromatic carboxylic acids is 1. The molecule has 8 heteroatoms. The third kappa shape index (κ3) is 2.25. The van der Waals surface area contributed by atoms with Gasteiger partial charge >= 0.3 is 12.1 Å². The van der Waals surface area contributed by atoms with Gasteiger partial charge in [-0.2, -0.15) is 13.2 Å². The highest BCUT2D eigenvalue weighted by molar-refractivity contribution is 7.15. The lowest BCUT2D eigenvalue weighted by atomic mass is 10.1. The number of halogens is 3. The van der Waals surface area contributed by atoms with E-state index in [1.807, 2.05) is 6.92 Å². The minimum atomic E-state index is -4.82. The van der Waals surface area contributed by atoms with Gasteiger partial charge in [-0.1, -0.05) is 29.8 Å². The number of carboxylic acids is 1. The number of hydrogen-bond donors (Lipinski definition) is 1. The van der Waals surface area contributed by atoms with Gasteiger partial charge < -0.3 is 5.11 Å². The topological polar surface area (TPSA) is 54.6 Å². The average molecular weight is 326 g/mol. The van der Waals surface area contributed by atoms with Crippen LogP contribution in [0.1, 0.15) is 21.7 Å². The van der Waals surface area contributed by atoms with Crippen LogP contribution in [0.3, 0.4) is 0 Å². The first kappa shape index (κ1) is 14.6. The first-order chi connectivity index (χ1) is 10.3. The number of hydrogen-bond acceptors (Lipinski definition) is 3. The van der Waals surface area contributed by atoms with Gasteiger partial charge in [0.05, 0.1) is 5.69 Å². The maximum Gasteiger partial charge on any atom is 0.435 e. The summed E-state index contributed by atoms with van der Waals surface area (Å²) in [6, 6.07) is 7.08. The van der Waals surface area contributed by atoms with Crippen molar-refractivity contribution in [2.24, 2.45) is 0 Å². The minimum Gasteiger partial charge on any atom is -0.476 e. The molecule has 0 atom stereocenters. The maximum absolute atomic E-state index is 13.0. The van der Waals surface area contributed by atoms with Gasteiger partial charge in [0, 0.05) is 5.38 Å². The number of carbonyl (C=O) groups is 1. The van der Waals surface area contributed by atoms with Gasteiger partial charge in [0.15, 0.2) is 16.3 Å². The summed E-state index contributed by atoms with van der Waals surface area (Å²) in [4.78, 5) is 14.8. The Bertz CT molecular complexity index is 863. The zero-order valence-corrected chi connectivity index (χ0v) is 12.0. The minimum absolute atomic E-state index is 0.000278. The van der Waals surface area contributed by atoms with Crippen LogP contribution in [0.2, 0.25) is 0 Å². The van der Waals surface area contributed by atoms with Crippen LogP contribution < -0.4 is 0 Å². The Labute approximate surface area is 126 Å². The summed E-state index contributed by atoms with van der Waals surface area (Å²) < 4.78 is 40.0. The van der Waals surface area contributed by atoms with Gasteiger partial charge in [-0.05, 0) is 12.5 Å². The van der Waals surface area contributed by atoms with Crippen molar-refractivity contribution >= 4 is 22.3 Å². The molecule has 0 saturated heterocycles. The van der Waals surface area contributed by atoms with Gasteiger partial charge in [0.25, 0.3) is 0 Å². The predicted molar refractivity (Wildman–Crippen MR) is 75.2 cm³/mol. The molecular weight excluding hydrogens is 317 g/mol. The largest absolute Gasteiger partial charge is 0.476 e. The van der Waals surface area contributed by atoms with Crippen molar-refractivity contribution in [2.45, 2.75) is 13.1 Å². The molecule has 0 bridgehead atoms. The fourth-order valence-corrected chi connectivity index (χ4v) is 3.08. The summed E-state index contributed by atoms with van der Waals surface area (Å²) in [7, 11) is 0. The number of benzene rings is 1. The second kappa shape index (κ2) is 4.84. The molecule has 22 heavy (non-hydrogen) atoms. The number of fused-ring (bicyclic) bond motifs is 1. The third-order valence-electron chi connectivity index (χ3n) is 3.18. The van der Waals surface area contributed by atoms with Gasteiger partial charge in [-0.3, -0.25) is 4.40 Å². The molecule has 1 N–H and O–H groups in total. The molecule has 2 heterocycles. The van der Waals surface area contributed by atoms with Crippen LogP contribution in [0.25, 0.3) is 16.2 Å². The summed E-state index contributed by atoms with van der Waals surface area (Å²) in [5.74, 6) is -1.66. The number of imidazole rings is 1. The molecule has 0 amide bonds. The van der Waals surface area contributed by atoms with E-state index in [4.69, 9.17) is 0 Å². The highest BCUT2D eigenvalue weighted by atomic mass is 32.1. The van der Waals surface area contributed by atoms with Crippen LogP contribution in [0.4, 0.5) is 13.2 Å². The van der Waals surface area contributed by atoms with E-state index in [0.29, 0.717) is 11.3 Å². The van der Waals surface area contributed by atoms with E-state index in [1.165, 1.54) is 0 Å². The van der Waals surface area contributed by atoms with E-state index in [9.17, 15) is 23.1 Å². The lowest BCUT2D eigenvalue weighted by Crippen LogP contribution is -2.14. The molecule has 0 aliphatic carbocycles. The third-order valence-corrected chi connectivity index (χ3v) is 4.01. The van der Waals surface area contributed by atoms with Crippen LogP contribution in [0, 0.1) is 6.92 Å². The fraction of sp³-hybridized carbons (Fsp3) is 0.143. The molecule has 2 aromatic heterocycles. The highest BCUT2D eigenvalue weighted by Gasteiger charge is 2.41. The number of carboxylic acid groups (broad SMARTS) is 1.